The third-order valence-corrected chi connectivity index (χ3v) is 5.06. The van der Waals surface area contributed by atoms with Gasteiger partial charge in [0, 0.05) is 22.1 Å². The predicted octanol–water partition coefficient (Wildman–Crippen LogP) is 0.512. The van der Waals surface area contributed by atoms with Crippen LogP contribution in [0.5, 0.6) is 0 Å². The summed E-state index contributed by atoms with van der Waals surface area (Å²) in [6.45, 7) is 21.4. The summed E-state index contributed by atoms with van der Waals surface area (Å²) in [5, 5.41) is 49.1. The Balaban J connectivity index is 0. The Bertz CT molecular complexity index is 717. The number of aliphatic hydroxyl groups is 3. The van der Waals surface area contributed by atoms with E-state index < -0.39 is 23.3 Å². The Kier molecular flexibility index (Phi) is 24.2. The Morgan fingerprint density at radius 1 is 0.591 bits per heavy atom. The summed E-state index contributed by atoms with van der Waals surface area (Å²) >= 11 is 0. The third-order valence-electron chi connectivity index (χ3n) is 5.06. The summed E-state index contributed by atoms with van der Waals surface area (Å²) in [6.07, 6.45) is 1.57. The zero-order valence-corrected chi connectivity index (χ0v) is 26.1. The molecule has 4 saturated heterocycles. The molecule has 15 nitrogen and oxygen atoms in total. The maximum atomic E-state index is 9.60. The van der Waals surface area contributed by atoms with Gasteiger partial charge in [0.25, 0.3) is 0 Å². The van der Waals surface area contributed by atoms with Crippen LogP contribution >= 0.6 is 0 Å². The molecular formula is C29H50O15. The van der Waals surface area contributed by atoms with Gasteiger partial charge in [-0.05, 0) is 20.8 Å². The maximum Gasteiger partial charge on any atom is 0.330 e. The van der Waals surface area contributed by atoms with E-state index >= 15 is 0 Å². The Morgan fingerprint density at radius 3 is 0.818 bits per heavy atom. The van der Waals surface area contributed by atoms with Crippen LogP contribution in [0.25, 0.3) is 0 Å². The molecule has 0 saturated carbocycles. The van der Waals surface area contributed by atoms with Gasteiger partial charge in [-0.3, -0.25) is 0 Å². The number of aliphatic carboxylic acids is 3. The van der Waals surface area contributed by atoms with Crippen LogP contribution in [0.2, 0.25) is 0 Å². The number of aliphatic hydroxyl groups excluding tert-OH is 3. The molecule has 4 heterocycles. The molecular weight excluding hydrogens is 588 g/mol. The highest BCUT2D eigenvalue weighted by Crippen LogP contribution is 2.13. The molecule has 0 radical (unpaired) electrons. The molecule has 6 N–H and O–H groups in total. The van der Waals surface area contributed by atoms with Crippen LogP contribution in [0.4, 0.5) is 0 Å². The van der Waals surface area contributed by atoms with E-state index in [1.165, 1.54) is 20.8 Å². The van der Waals surface area contributed by atoms with E-state index in [1.807, 2.05) is 0 Å². The van der Waals surface area contributed by atoms with Crippen LogP contribution < -0.4 is 0 Å². The SMILES string of the molecule is C(OCC1CO1)C1CO1.C(OCC1CO1)C1CO1.C=C(C)C(=O)O.C=C(C)C(=O)O.C=C(C)C(=O)O.CC(CO)(CO)CO. The second kappa shape index (κ2) is 24.6. The molecule has 4 unspecified atom stereocenters. The molecule has 4 rings (SSSR count). The predicted molar refractivity (Wildman–Crippen MR) is 157 cm³/mol. The maximum absolute atomic E-state index is 9.60. The van der Waals surface area contributed by atoms with Crippen molar-refractivity contribution in [2.75, 3.05) is 72.7 Å². The van der Waals surface area contributed by atoms with Crippen LogP contribution in [0.15, 0.2) is 36.5 Å². The van der Waals surface area contributed by atoms with Gasteiger partial charge in [0.15, 0.2) is 0 Å². The summed E-state index contributed by atoms with van der Waals surface area (Å²) in [5.41, 5.74) is -0.181. The van der Waals surface area contributed by atoms with Crippen molar-refractivity contribution in [3.05, 3.63) is 36.5 Å². The van der Waals surface area contributed by atoms with Crippen LogP contribution in [0.3, 0.4) is 0 Å². The highest BCUT2D eigenvalue weighted by molar-refractivity contribution is 5.85. The zero-order valence-electron chi connectivity index (χ0n) is 26.1. The number of hydrogen-bond acceptors (Lipinski definition) is 12. The van der Waals surface area contributed by atoms with Crippen molar-refractivity contribution in [3.8, 4) is 0 Å². The van der Waals surface area contributed by atoms with E-state index in [1.54, 1.807) is 6.92 Å². The fourth-order valence-electron chi connectivity index (χ4n) is 1.47. The first-order valence-corrected chi connectivity index (χ1v) is 13.6. The normalized spacial score (nSPS) is 21.1. The molecule has 4 aliphatic rings. The van der Waals surface area contributed by atoms with Crippen LogP contribution in [-0.2, 0) is 42.8 Å². The van der Waals surface area contributed by atoms with Crippen molar-refractivity contribution >= 4 is 17.9 Å². The molecule has 4 fully saturated rings. The molecule has 0 aromatic heterocycles. The molecule has 0 aliphatic carbocycles. The monoisotopic (exact) mass is 638 g/mol. The molecule has 4 atom stereocenters. The zero-order chi connectivity index (χ0) is 34.3. The Morgan fingerprint density at radius 2 is 0.750 bits per heavy atom. The molecule has 15 heteroatoms. The van der Waals surface area contributed by atoms with Crippen molar-refractivity contribution in [2.24, 2.45) is 5.41 Å². The second-order valence-corrected chi connectivity index (χ2v) is 10.4. The summed E-state index contributed by atoms with van der Waals surface area (Å²) in [6, 6.07) is 0. The highest BCUT2D eigenvalue weighted by Gasteiger charge is 2.27. The van der Waals surface area contributed by atoms with Gasteiger partial charge in [-0.1, -0.05) is 26.7 Å². The lowest BCUT2D eigenvalue weighted by Gasteiger charge is -2.20. The van der Waals surface area contributed by atoms with Gasteiger partial charge in [0.05, 0.1) is 72.7 Å². The average molecular weight is 639 g/mol. The quantitative estimate of drug-likeness (QED) is 0.112. The van der Waals surface area contributed by atoms with Gasteiger partial charge in [0.1, 0.15) is 24.4 Å². The molecule has 4 aliphatic heterocycles. The molecule has 44 heavy (non-hydrogen) atoms. The Labute approximate surface area is 258 Å². The topological polar surface area (TPSA) is 241 Å². The van der Waals surface area contributed by atoms with Crippen molar-refractivity contribution in [2.45, 2.75) is 52.1 Å². The number of epoxide rings is 4. The minimum atomic E-state index is -0.935. The number of ether oxygens (including phenoxy) is 6. The molecule has 256 valence electrons. The fourth-order valence-corrected chi connectivity index (χ4v) is 1.47. The van der Waals surface area contributed by atoms with Gasteiger partial charge in [0.2, 0.25) is 0 Å². The van der Waals surface area contributed by atoms with Crippen LogP contribution in [0, 0.1) is 5.41 Å². The lowest BCUT2D eigenvalue weighted by molar-refractivity contribution is -0.133. The molecule has 0 aromatic rings. The molecule has 0 amide bonds. The van der Waals surface area contributed by atoms with Gasteiger partial charge in [-0.2, -0.15) is 0 Å². The van der Waals surface area contributed by atoms with E-state index in [0.29, 0.717) is 24.4 Å². The van der Waals surface area contributed by atoms with Crippen molar-refractivity contribution in [1.82, 2.24) is 0 Å². The smallest absolute Gasteiger partial charge is 0.330 e. The minimum Gasteiger partial charge on any atom is -0.478 e. The lowest BCUT2D eigenvalue weighted by atomic mass is 9.95. The number of carboxylic acids is 3. The largest absolute Gasteiger partial charge is 0.478 e. The average Bonchev–Trinajstić information content (AvgIpc) is 3.79. The van der Waals surface area contributed by atoms with E-state index in [4.69, 9.17) is 59.1 Å². The third kappa shape index (κ3) is 32.2. The first-order valence-electron chi connectivity index (χ1n) is 13.6. The standard InChI is InChI=1S/2C6H10O3.C5H12O3.3C4H6O2/c2*1(5-3-8-5)7-2-6-4-9-6;1-5(2-6,3-7)4-8;3*1-3(2)4(5)6/h2*5-6H,1-4H2;6-8H,2-4H2,1H3;3*1H2,2H3,(H,5,6). The second-order valence-electron chi connectivity index (χ2n) is 10.4. The van der Waals surface area contributed by atoms with Crippen LogP contribution in [0.1, 0.15) is 27.7 Å². The van der Waals surface area contributed by atoms with Gasteiger partial charge in [-0.15, -0.1) is 0 Å². The summed E-state index contributed by atoms with van der Waals surface area (Å²) < 4.78 is 30.2. The van der Waals surface area contributed by atoms with E-state index in [2.05, 4.69) is 19.7 Å². The van der Waals surface area contributed by atoms with E-state index in [0.717, 1.165) is 52.9 Å². The van der Waals surface area contributed by atoms with E-state index in [-0.39, 0.29) is 36.5 Å². The highest BCUT2D eigenvalue weighted by atomic mass is 16.6. The fraction of sp³-hybridized carbons (Fsp3) is 0.690. The molecule has 0 aromatic carbocycles. The van der Waals surface area contributed by atoms with Gasteiger partial charge in [-0.25, -0.2) is 14.4 Å². The minimum absolute atomic E-state index is 0.176. The summed E-state index contributed by atoms with van der Waals surface area (Å²) in [7, 11) is 0. The molecule has 0 bridgehead atoms. The van der Waals surface area contributed by atoms with E-state index in [9.17, 15) is 14.4 Å². The number of carboxylic acid groups (broad SMARTS) is 3. The lowest BCUT2D eigenvalue weighted by Crippen LogP contribution is -2.29. The van der Waals surface area contributed by atoms with Gasteiger partial charge < -0.3 is 59.1 Å². The Hall–Kier alpha value is -2.73. The molecule has 0 spiro atoms. The van der Waals surface area contributed by atoms with Crippen molar-refractivity contribution in [1.29, 1.82) is 0 Å². The van der Waals surface area contributed by atoms with Crippen LogP contribution in [-0.4, -0.2) is 146 Å². The summed E-state index contributed by atoms with van der Waals surface area (Å²) in [4.78, 5) is 28.8. The van der Waals surface area contributed by atoms with Crippen molar-refractivity contribution in [3.63, 3.8) is 0 Å². The number of hydrogen-bond donors (Lipinski definition) is 6. The number of carbonyl (C=O) groups is 3. The van der Waals surface area contributed by atoms with Gasteiger partial charge >= 0.3 is 17.9 Å². The van der Waals surface area contributed by atoms with Crippen molar-refractivity contribution < 1.29 is 73.4 Å². The first-order chi connectivity index (χ1) is 20.5. The summed E-state index contributed by atoms with van der Waals surface area (Å²) in [5.74, 6) is -2.81. The number of rotatable bonds is 14. The first kappa shape index (κ1) is 43.4.